The summed E-state index contributed by atoms with van der Waals surface area (Å²) in [5.41, 5.74) is 2.68. The molecule has 0 unspecified atom stereocenters. The second-order valence-electron chi connectivity index (χ2n) is 5.10. The fourth-order valence-corrected chi connectivity index (χ4v) is 2.25. The third kappa shape index (κ3) is 4.40. The molecule has 22 heavy (non-hydrogen) atoms. The number of allylic oxidation sites excluding steroid dienone is 5. The maximum Gasteiger partial charge on any atom is 0.411 e. The van der Waals surface area contributed by atoms with Crippen molar-refractivity contribution in [1.82, 2.24) is 5.32 Å². The van der Waals surface area contributed by atoms with Crippen molar-refractivity contribution in [3.63, 3.8) is 0 Å². The lowest BCUT2D eigenvalue weighted by atomic mass is 9.94. The summed E-state index contributed by atoms with van der Waals surface area (Å²) < 4.78 is 5.21. The first kappa shape index (κ1) is 16.2. The third-order valence-electron chi connectivity index (χ3n) is 3.46. The van der Waals surface area contributed by atoms with Gasteiger partial charge in [-0.1, -0.05) is 61.6 Å². The molecule has 1 amide bonds. The standard InChI is InChI=1S/C18H19NO2S/c1-3-13(2)15-9-10-17(22)16(11-15)19-18(20)21-12-14-7-5-4-6-8-14/h3-9,11,13H,1,10,12H2,2H3,(H,19,20)/t13-/m1/s1. The van der Waals surface area contributed by atoms with Gasteiger partial charge in [0, 0.05) is 11.3 Å². The van der Waals surface area contributed by atoms with Crippen LogP contribution in [-0.2, 0) is 11.3 Å². The molecule has 1 aromatic carbocycles. The molecule has 0 fully saturated rings. The van der Waals surface area contributed by atoms with Crippen molar-refractivity contribution in [2.75, 3.05) is 0 Å². The van der Waals surface area contributed by atoms with Crippen molar-refractivity contribution in [2.24, 2.45) is 5.92 Å². The minimum absolute atomic E-state index is 0.222. The zero-order chi connectivity index (χ0) is 15.9. The predicted molar refractivity (Wildman–Crippen MR) is 92.5 cm³/mol. The van der Waals surface area contributed by atoms with E-state index in [4.69, 9.17) is 17.0 Å². The summed E-state index contributed by atoms with van der Waals surface area (Å²) in [6.07, 6.45) is 5.97. The van der Waals surface area contributed by atoms with Gasteiger partial charge in [0.25, 0.3) is 0 Å². The Morgan fingerprint density at radius 2 is 2.18 bits per heavy atom. The number of thiocarbonyl (C=S) groups is 1. The van der Waals surface area contributed by atoms with E-state index in [1.165, 1.54) is 0 Å². The largest absolute Gasteiger partial charge is 0.444 e. The van der Waals surface area contributed by atoms with Crippen molar-refractivity contribution in [1.29, 1.82) is 0 Å². The average molecular weight is 313 g/mol. The molecule has 4 heteroatoms. The Bertz CT molecular complexity index is 632. The number of rotatable bonds is 5. The molecule has 2 rings (SSSR count). The van der Waals surface area contributed by atoms with Gasteiger partial charge < -0.3 is 4.74 Å². The molecule has 1 aromatic rings. The molecule has 0 aromatic heterocycles. The van der Waals surface area contributed by atoms with E-state index in [0.29, 0.717) is 17.0 Å². The van der Waals surface area contributed by atoms with Gasteiger partial charge in [-0.05, 0) is 23.1 Å². The van der Waals surface area contributed by atoms with E-state index in [9.17, 15) is 4.79 Å². The van der Waals surface area contributed by atoms with E-state index in [2.05, 4.69) is 24.9 Å². The van der Waals surface area contributed by atoms with Crippen molar-refractivity contribution in [2.45, 2.75) is 20.0 Å². The van der Waals surface area contributed by atoms with Gasteiger partial charge in [-0.25, -0.2) is 4.79 Å². The lowest BCUT2D eigenvalue weighted by Crippen LogP contribution is -2.28. The minimum Gasteiger partial charge on any atom is -0.444 e. The molecular formula is C18H19NO2S. The number of amides is 1. The molecule has 0 saturated carbocycles. The molecule has 0 spiro atoms. The quantitative estimate of drug-likeness (QED) is 0.650. The summed E-state index contributed by atoms with van der Waals surface area (Å²) in [6.45, 7) is 6.07. The van der Waals surface area contributed by atoms with Crippen LogP contribution in [-0.4, -0.2) is 11.0 Å². The van der Waals surface area contributed by atoms with Crippen LogP contribution in [0.4, 0.5) is 4.79 Å². The second kappa shape index (κ2) is 7.71. The molecule has 0 radical (unpaired) electrons. The van der Waals surface area contributed by atoms with E-state index >= 15 is 0 Å². The first-order valence-corrected chi connectivity index (χ1v) is 7.56. The van der Waals surface area contributed by atoms with Crippen LogP contribution in [0.5, 0.6) is 0 Å². The van der Waals surface area contributed by atoms with Crippen LogP contribution in [0.3, 0.4) is 0 Å². The lowest BCUT2D eigenvalue weighted by molar-refractivity contribution is 0.143. The summed E-state index contributed by atoms with van der Waals surface area (Å²) in [6, 6.07) is 9.55. The van der Waals surface area contributed by atoms with Gasteiger partial charge in [0.15, 0.2) is 0 Å². The maximum atomic E-state index is 11.9. The van der Waals surface area contributed by atoms with Crippen LogP contribution in [0.2, 0.25) is 0 Å². The van der Waals surface area contributed by atoms with Crippen LogP contribution in [0.1, 0.15) is 18.9 Å². The topological polar surface area (TPSA) is 38.3 Å². The number of alkyl carbamates (subject to hydrolysis) is 1. The van der Waals surface area contributed by atoms with Crippen LogP contribution in [0, 0.1) is 5.92 Å². The Morgan fingerprint density at radius 1 is 1.45 bits per heavy atom. The Balaban J connectivity index is 1.95. The number of hydrogen-bond donors (Lipinski definition) is 1. The van der Waals surface area contributed by atoms with Crippen molar-refractivity contribution in [3.8, 4) is 0 Å². The Labute approximate surface area is 136 Å². The Kier molecular flexibility index (Phi) is 5.67. The number of benzene rings is 1. The van der Waals surface area contributed by atoms with Crippen LogP contribution < -0.4 is 5.32 Å². The molecule has 0 bridgehead atoms. The van der Waals surface area contributed by atoms with Gasteiger partial charge in [0.05, 0.1) is 5.70 Å². The molecular weight excluding hydrogens is 294 g/mol. The summed E-state index contributed by atoms with van der Waals surface area (Å²) >= 11 is 5.29. The molecule has 0 aliphatic heterocycles. The fourth-order valence-electron chi connectivity index (χ4n) is 2.05. The van der Waals surface area contributed by atoms with E-state index in [1.807, 2.05) is 42.5 Å². The van der Waals surface area contributed by atoms with Gasteiger partial charge >= 0.3 is 6.09 Å². The third-order valence-corrected chi connectivity index (χ3v) is 3.85. The zero-order valence-electron chi connectivity index (χ0n) is 12.5. The summed E-state index contributed by atoms with van der Waals surface area (Å²) in [5, 5.41) is 2.73. The first-order valence-electron chi connectivity index (χ1n) is 7.15. The van der Waals surface area contributed by atoms with Crippen LogP contribution >= 0.6 is 12.2 Å². The number of carbonyl (C=O) groups is 1. The summed E-state index contributed by atoms with van der Waals surface area (Å²) in [5.74, 6) is 0.222. The highest BCUT2D eigenvalue weighted by Crippen LogP contribution is 2.21. The van der Waals surface area contributed by atoms with Gasteiger partial charge in [0.1, 0.15) is 6.61 Å². The number of ether oxygens (including phenoxy) is 1. The molecule has 114 valence electrons. The van der Waals surface area contributed by atoms with Gasteiger partial charge in [-0.15, -0.1) is 6.58 Å². The number of hydrogen-bond acceptors (Lipinski definition) is 3. The van der Waals surface area contributed by atoms with Crippen LogP contribution in [0.25, 0.3) is 0 Å². The highest BCUT2D eigenvalue weighted by Gasteiger charge is 2.16. The Morgan fingerprint density at radius 3 is 2.86 bits per heavy atom. The lowest BCUT2D eigenvalue weighted by Gasteiger charge is -2.18. The second-order valence-corrected chi connectivity index (χ2v) is 5.59. The highest BCUT2D eigenvalue weighted by atomic mass is 32.1. The SMILES string of the molecule is C=C[C@@H](C)C1=CCC(=S)C(NC(=O)OCc2ccccc2)=C1. The monoisotopic (exact) mass is 313 g/mol. The fraction of sp³-hybridized carbons (Fsp3) is 0.222. The average Bonchev–Trinajstić information content (AvgIpc) is 2.55. The summed E-state index contributed by atoms with van der Waals surface area (Å²) in [4.78, 5) is 12.6. The van der Waals surface area contributed by atoms with Crippen LogP contribution in [0.15, 0.2) is 66.4 Å². The number of carbonyl (C=O) groups excluding carboxylic acids is 1. The molecule has 1 aliphatic rings. The maximum absolute atomic E-state index is 11.9. The smallest absolute Gasteiger partial charge is 0.411 e. The molecule has 1 atom stereocenters. The molecule has 1 N–H and O–H groups in total. The first-order chi connectivity index (χ1) is 10.6. The van der Waals surface area contributed by atoms with Crippen molar-refractivity contribution < 1.29 is 9.53 Å². The van der Waals surface area contributed by atoms with E-state index < -0.39 is 6.09 Å². The van der Waals surface area contributed by atoms with E-state index in [-0.39, 0.29) is 12.5 Å². The normalized spacial score (nSPS) is 15.4. The minimum atomic E-state index is -0.495. The highest BCUT2D eigenvalue weighted by molar-refractivity contribution is 7.80. The molecule has 3 nitrogen and oxygen atoms in total. The van der Waals surface area contributed by atoms with E-state index in [1.54, 1.807) is 0 Å². The molecule has 1 aliphatic carbocycles. The molecule has 0 saturated heterocycles. The summed E-state index contributed by atoms with van der Waals surface area (Å²) in [7, 11) is 0. The van der Waals surface area contributed by atoms with Gasteiger partial charge in [0.2, 0.25) is 0 Å². The van der Waals surface area contributed by atoms with Crippen molar-refractivity contribution >= 4 is 23.2 Å². The van der Waals surface area contributed by atoms with E-state index in [0.717, 1.165) is 11.1 Å². The van der Waals surface area contributed by atoms with Gasteiger partial charge in [-0.2, -0.15) is 0 Å². The van der Waals surface area contributed by atoms with Gasteiger partial charge in [-0.3, -0.25) is 5.32 Å². The Hall–Kier alpha value is -2.20. The number of nitrogens with one attached hydrogen (secondary N) is 1. The zero-order valence-corrected chi connectivity index (χ0v) is 13.4. The van der Waals surface area contributed by atoms with Crippen molar-refractivity contribution in [3.05, 3.63) is 72.0 Å². The molecule has 0 heterocycles. The predicted octanol–water partition coefficient (Wildman–Crippen LogP) is 4.32.